The second-order valence-electron chi connectivity index (χ2n) is 18.7. The van der Waals surface area contributed by atoms with Gasteiger partial charge in [-0.1, -0.05) is 65.7 Å². The third-order valence-electron chi connectivity index (χ3n) is 12.2. The molecule has 0 atom stereocenters. The van der Waals surface area contributed by atoms with Crippen LogP contribution in [0.15, 0.2) is 129 Å². The molecule has 5 amide bonds. The van der Waals surface area contributed by atoms with E-state index in [4.69, 9.17) is 38.5 Å². The molecule has 8 rings (SSSR count). The van der Waals surface area contributed by atoms with Gasteiger partial charge in [0.05, 0.1) is 59.3 Å². The SMILES string of the molecule is CC(=O)c1cn(CC(=O)N(CC(=O)NCc2cccc(Cl)c2F)C(C)C)c2ccc(C(=O)Nc3cncnc3)cc12.CC(=O)c1cn(CC(=O)N(CC(=O)NCc2cccc(Cl)c2F)C(C)C)c2ccccc12.Nc1cncnc1.O=C=O. The van der Waals surface area contributed by atoms with Gasteiger partial charge in [-0.15, -0.1) is 0 Å². The van der Waals surface area contributed by atoms with E-state index in [-0.39, 0.29) is 102 Å². The molecule has 432 valence electrons. The molecule has 4 heterocycles. The van der Waals surface area contributed by atoms with Crippen molar-refractivity contribution in [2.45, 2.75) is 79.8 Å². The van der Waals surface area contributed by atoms with Crippen molar-refractivity contribution in [1.29, 1.82) is 0 Å². The van der Waals surface area contributed by atoms with Crippen LogP contribution in [-0.4, -0.2) is 111 Å². The van der Waals surface area contributed by atoms with Crippen LogP contribution in [0, 0.1) is 11.6 Å². The van der Waals surface area contributed by atoms with E-state index in [0.717, 1.165) is 10.9 Å². The number of nitrogens with zero attached hydrogens (tertiary/aromatic N) is 8. The second-order valence-corrected chi connectivity index (χ2v) is 19.6. The van der Waals surface area contributed by atoms with E-state index >= 15 is 0 Å². The Morgan fingerprint density at radius 3 is 1.48 bits per heavy atom. The van der Waals surface area contributed by atoms with E-state index in [1.807, 2.05) is 38.1 Å². The first kappa shape index (κ1) is 64.3. The van der Waals surface area contributed by atoms with E-state index in [1.165, 1.54) is 73.0 Å². The smallest absolute Gasteiger partial charge is 0.373 e. The van der Waals surface area contributed by atoms with Gasteiger partial charge in [-0.2, -0.15) is 9.59 Å². The summed E-state index contributed by atoms with van der Waals surface area (Å²) in [7, 11) is 0. The predicted molar refractivity (Wildman–Crippen MR) is 306 cm³/mol. The van der Waals surface area contributed by atoms with Crippen LogP contribution in [0.4, 0.5) is 20.2 Å². The van der Waals surface area contributed by atoms with Gasteiger partial charge in [-0.3, -0.25) is 33.6 Å². The number of carbonyl (C=O) groups excluding carboxylic acids is 9. The maximum atomic E-state index is 14.2. The zero-order chi connectivity index (χ0) is 60.9. The number of para-hydroxylation sites is 1. The van der Waals surface area contributed by atoms with Crippen LogP contribution in [0.25, 0.3) is 21.8 Å². The number of halogens is 4. The van der Waals surface area contributed by atoms with Gasteiger partial charge in [0.15, 0.2) is 11.6 Å². The highest BCUT2D eigenvalue weighted by atomic mass is 35.5. The molecule has 4 aromatic carbocycles. The van der Waals surface area contributed by atoms with Crippen molar-refractivity contribution in [3.63, 3.8) is 0 Å². The molecule has 0 unspecified atom stereocenters. The van der Waals surface area contributed by atoms with E-state index in [1.54, 1.807) is 78.1 Å². The summed E-state index contributed by atoms with van der Waals surface area (Å²) in [5.74, 6) is -3.41. The fourth-order valence-electron chi connectivity index (χ4n) is 8.15. The Morgan fingerprint density at radius 2 is 1.05 bits per heavy atom. The van der Waals surface area contributed by atoms with Gasteiger partial charge in [0, 0.05) is 87.2 Å². The molecular weight excluding hydrogens is 1120 g/mol. The van der Waals surface area contributed by atoms with Crippen molar-refractivity contribution >= 4 is 104 Å². The number of carbonyl (C=O) groups is 7. The van der Waals surface area contributed by atoms with Crippen molar-refractivity contribution in [1.82, 2.24) is 49.5 Å². The molecule has 0 radical (unpaired) electrons. The van der Waals surface area contributed by atoms with Gasteiger partial charge in [0.25, 0.3) is 5.91 Å². The number of hydrogen-bond acceptors (Lipinski definition) is 14. The number of aromatic nitrogens is 6. The number of hydrogen-bond donors (Lipinski definition) is 4. The fraction of sp³-hybridized carbons (Fsp3) is 0.241. The van der Waals surface area contributed by atoms with E-state index in [0.29, 0.717) is 39.0 Å². The lowest BCUT2D eigenvalue weighted by atomic mass is 10.1. The average molecular weight is 1180 g/mol. The third-order valence-corrected chi connectivity index (χ3v) is 12.8. The van der Waals surface area contributed by atoms with Gasteiger partial charge in [-0.05, 0) is 77.9 Å². The first-order chi connectivity index (χ1) is 39.5. The Morgan fingerprint density at radius 1 is 0.614 bits per heavy atom. The highest BCUT2D eigenvalue weighted by Crippen LogP contribution is 2.26. The Labute approximate surface area is 485 Å². The Hall–Kier alpha value is -9.57. The molecule has 0 aliphatic heterocycles. The molecule has 0 aliphatic carbocycles. The average Bonchev–Trinajstić information content (AvgIpc) is 4.21. The van der Waals surface area contributed by atoms with Crippen molar-refractivity contribution in [3.8, 4) is 0 Å². The molecule has 0 saturated heterocycles. The monoisotopic (exact) mass is 1170 g/mol. The van der Waals surface area contributed by atoms with Crippen LogP contribution >= 0.6 is 23.2 Å². The predicted octanol–water partition coefficient (Wildman–Crippen LogP) is 7.90. The molecular formula is C58H58Cl2F2N12O9. The molecule has 25 heteroatoms. The van der Waals surface area contributed by atoms with Crippen molar-refractivity contribution < 1.29 is 51.9 Å². The summed E-state index contributed by atoms with van der Waals surface area (Å²) in [5, 5.41) is 9.20. The fourth-order valence-corrected chi connectivity index (χ4v) is 8.54. The van der Waals surface area contributed by atoms with E-state index in [9.17, 15) is 42.3 Å². The van der Waals surface area contributed by atoms with Gasteiger partial charge < -0.3 is 40.6 Å². The summed E-state index contributed by atoms with van der Waals surface area (Å²) < 4.78 is 31.5. The number of amides is 5. The van der Waals surface area contributed by atoms with Crippen LogP contribution in [-0.2, 0) is 54.9 Å². The number of nitrogens with one attached hydrogen (secondary N) is 3. The van der Waals surface area contributed by atoms with E-state index < -0.39 is 29.4 Å². The Balaban J connectivity index is 0.000000266. The molecule has 0 fully saturated rings. The van der Waals surface area contributed by atoms with Crippen molar-refractivity contribution in [3.05, 3.63) is 178 Å². The highest BCUT2D eigenvalue weighted by Gasteiger charge is 2.25. The summed E-state index contributed by atoms with van der Waals surface area (Å²) >= 11 is 11.6. The van der Waals surface area contributed by atoms with Gasteiger partial charge >= 0.3 is 6.15 Å². The topological polar surface area (TPSA) is 284 Å². The first-order valence-electron chi connectivity index (χ1n) is 25.3. The van der Waals surface area contributed by atoms with Crippen LogP contribution < -0.4 is 21.7 Å². The quantitative estimate of drug-likeness (QED) is 0.0595. The minimum Gasteiger partial charge on any atom is -0.396 e. The lowest BCUT2D eigenvalue weighted by molar-refractivity contribution is -0.191. The molecule has 5 N–H and O–H groups in total. The Kier molecular flexibility index (Phi) is 23.9. The van der Waals surface area contributed by atoms with Crippen LogP contribution in [0.1, 0.15) is 83.7 Å². The van der Waals surface area contributed by atoms with Gasteiger partial charge in [0.2, 0.25) is 23.6 Å². The minimum atomic E-state index is -0.609. The zero-order valence-corrected chi connectivity index (χ0v) is 47.4. The van der Waals surface area contributed by atoms with Crippen molar-refractivity contribution in [2.75, 3.05) is 24.1 Å². The van der Waals surface area contributed by atoms with Crippen molar-refractivity contribution in [2.24, 2.45) is 0 Å². The van der Waals surface area contributed by atoms with E-state index in [2.05, 4.69) is 35.9 Å². The summed E-state index contributed by atoms with van der Waals surface area (Å²) in [6.45, 7) is 9.39. The molecule has 0 spiro atoms. The van der Waals surface area contributed by atoms with Crippen LogP contribution in [0.2, 0.25) is 10.0 Å². The highest BCUT2D eigenvalue weighted by molar-refractivity contribution is 6.31. The second kappa shape index (κ2) is 30.9. The van der Waals surface area contributed by atoms with Crippen LogP contribution in [0.3, 0.4) is 0 Å². The van der Waals surface area contributed by atoms with Crippen LogP contribution in [0.5, 0.6) is 0 Å². The number of Topliss-reactive ketones (excluding diaryl/α,β-unsaturated/α-hetero) is 2. The molecule has 0 aliphatic rings. The number of nitrogen functional groups attached to an aromatic ring is 1. The number of fused-ring (bicyclic) bond motifs is 2. The minimum absolute atomic E-state index is 0.0117. The first-order valence-corrected chi connectivity index (χ1v) is 26.1. The summed E-state index contributed by atoms with van der Waals surface area (Å²) in [6, 6.07) is 20.8. The number of anilines is 2. The number of ketones is 2. The molecule has 4 aromatic heterocycles. The normalized spacial score (nSPS) is 10.5. The maximum Gasteiger partial charge on any atom is 0.373 e. The lowest BCUT2D eigenvalue weighted by Gasteiger charge is -2.26. The van der Waals surface area contributed by atoms with Gasteiger partial charge in [-0.25, -0.2) is 28.7 Å². The molecule has 8 aromatic rings. The molecule has 0 saturated carbocycles. The summed E-state index contributed by atoms with van der Waals surface area (Å²) in [6.07, 6.45) is 12.3. The molecule has 21 nitrogen and oxygen atoms in total. The maximum absolute atomic E-state index is 14.2. The number of benzene rings is 4. The number of nitrogens with two attached hydrogens (primary N) is 1. The zero-order valence-electron chi connectivity index (χ0n) is 45.9. The standard InChI is InChI=1S/C29H28ClFN6O4.C24H25ClFN3O3.C4H5N3.CO2/c1-17(2)37(14-26(39)34-10-20-5-4-6-24(30)28(20)31)27(40)15-36-13-23(18(3)38)22-9-19(7-8-25(22)36)29(41)35-21-11-32-16-33-12-21;1-15(2)29(13-22(31)27-11-17-7-6-9-20(25)24(17)26)23(32)14-28-12-19(16(3)30)18-8-4-5-10-21(18)28;5-4-1-6-3-7-2-4;2-1-3/h4-9,11-13,16-17H,10,14-15H2,1-3H3,(H,34,39)(H,35,41);4-10,12,15H,11,13-14H2,1-3H3,(H,27,31);1-3H,5H2;. The third kappa shape index (κ3) is 18.2. The molecule has 0 bridgehead atoms. The van der Waals surface area contributed by atoms with Gasteiger partial charge in [0.1, 0.15) is 37.4 Å². The summed E-state index contributed by atoms with van der Waals surface area (Å²) in [4.78, 5) is 123. The molecule has 83 heavy (non-hydrogen) atoms. The summed E-state index contributed by atoms with van der Waals surface area (Å²) in [5.41, 5.74) is 9.31. The largest absolute Gasteiger partial charge is 0.396 e. The number of rotatable bonds is 18. The lowest BCUT2D eigenvalue weighted by Crippen LogP contribution is -2.45. The Bertz CT molecular complexity index is 3650.